The molecule has 1 rings (SSSR count). The van der Waals surface area contributed by atoms with Gasteiger partial charge in [0.2, 0.25) is 11.8 Å². The van der Waals surface area contributed by atoms with Crippen LogP contribution in [0.15, 0.2) is 18.2 Å². The third kappa shape index (κ3) is 9.35. The fourth-order valence-electron chi connectivity index (χ4n) is 4.58. The monoisotopic (exact) mass is 517 g/mol. The van der Waals surface area contributed by atoms with Gasteiger partial charge < -0.3 is 20.3 Å². The van der Waals surface area contributed by atoms with Crippen molar-refractivity contribution < 1.29 is 19.1 Å². The summed E-state index contributed by atoms with van der Waals surface area (Å²) in [5, 5.41) is 5.98. The van der Waals surface area contributed by atoms with Crippen LogP contribution in [0.1, 0.15) is 111 Å². The van der Waals surface area contributed by atoms with Crippen LogP contribution in [-0.4, -0.2) is 46.0 Å². The molecule has 7 nitrogen and oxygen atoms in total. The third-order valence-electron chi connectivity index (χ3n) is 6.54. The summed E-state index contributed by atoms with van der Waals surface area (Å²) in [4.78, 5) is 42.8. The molecule has 0 radical (unpaired) electrons. The van der Waals surface area contributed by atoms with Crippen LogP contribution in [-0.2, 0) is 14.3 Å². The minimum atomic E-state index is -0.861. The summed E-state index contributed by atoms with van der Waals surface area (Å²) in [7, 11) is 0. The lowest BCUT2D eigenvalue weighted by Gasteiger charge is -2.44. The molecule has 0 aliphatic carbocycles. The molecule has 4 atom stereocenters. The van der Waals surface area contributed by atoms with Gasteiger partial charge in [0.25, 0.3) is 0 Å². The second kappa shape index (κ2) is 13.3. The second-order valence-electron chi connectivity index (χ2n) is 12.3. The molecule has 0 bridgehead atoms. The molecule has 0 saturated carbocycles. The summed E-state index contributed by atoms with van der Waals surface area (Å²) in [5.41, 5.74) is 1.26. The SMILES string of the molecule is CCCC(C)NC(=O)C(c1c(C)cccc1C)N(C(=O)C(NC(=O)OC(C)(C)C)C(C)CC)C(C)(C)C. The minimum absolute atomic E-state index is 0.0357. The van der Waals surface area contributed by atoms with E-state index in [0.29, 0.717) is 6.42 Å². The number of rotatable bonds is 10. The van der Waals surface area contributed by atoms with Crippen molar-refractivity contribution in [1.82, 2.24) is 15.5 Å². The van der Waals surface area contributed by atoms with Gasteiger partial charge in [-0.05, 0) is 91.3 Å². The Morgan fingerprint density at radius 2 is 1.49 bits per heavy atom. The standard InChI is InChI=1S/C30H51N3O4/c1-13-16-22(6)31-26(34)25(23-20(4)17-15-18-21(23)5)33(29(7,8)9)27(35)24(19(3)14-2)32-28(36)37-30(10,11)12/h15,17-19,22,24-25H,13-14,16H2,1-12H3,(H,31,34)(H,32,36). The second-order valence-corrected chi connectivity index (χ2v) is 12.3. The molecule has 0 heterocycles. The fourth-order valence-corrected chi connectivity index (χ4v) is 4.58. The number of amides is 3. The van der Waals surface area contributed by atoms with Gasteiger partial charge >= 0.3 is 6.09 Å². The lowest BCUT2D eigenvalue weighted by atomic mass is 9.88. The van der Waals surface area contributed by atoms with Crippen LogP contribution in [0.25, 0.3) is 0 Å². The van der Waals surface area contributed by atoms with Gasteiger partial charge in [0.05, 0.1) is 0 Å². The zero-order chi connectivity index (χ0) is 28.7. The van der Waals surface area contributed by atoms with Gasteiger partial charge in [0, 0.05) is 11.6 Å². The summed E-state index contributed by atoms with van der Waals surface area (Å²) in [6, 6.07) is 4.14. The summed E-state index contributed by atoms with van der Waals surface area (Å²) < 4.78 is 5.49. The first-order valence-corrected chi connectivity index (χ1v) is 13.6. The van der Waals surface area contributed by atoms with Crippen molar-refractivity contribution in [1.29, 1.82) is 0 Å². The molecule has 0 aromatic heterocycles. The van der Waals surface area contributed by atoms with E-state index in [4.69, 9.17) is 4.74 Å². The van der Waals surface area contributed by atoms with Crippen molar-refractivity contribution in [2.75, 3.05) is 0 Å². The average molecular weight is 518 g/mol. The molecular formula is C30H51N3O4. The van der Waals surface area contributed by atoms with Crippen molar-refractivity contribution in [3.63, 3.8) is 0 Å². The number of hydrogen-bond acceptors (Lipinski definition) is 4. The van der Waals surface area contributed by atoms with E-state index >= 15 is 0 Å². The number of benzene rings is 1. The smallest absolute Gasteiger partial charge is 0.408 e. The van der Waals surface area contributed by atoms with Gasteiger partial charge in [-0.25, -0.2) is 4.79 Å². The molecule has 0 aliphatic heterocycles. The normalized spacial score (nSPS) is 15.2. The number of carbonyl (C=O) groups excluding carboxylic acids is 3. The van der Waals surface area contributed by atoms with E-state index in [1.807, 2.05) is 73.6 Å². The molecule has 0 fully saturated rings. The maximum absolute atomic E-state index is 14.4. The van der Waals surface area contributed by atoms with Crippen LogP contribution in [0.2, 0.25) is 0 Å². The Kier molecular flexibility index (Phi) is 11.7. The van der Waals surface area contributed by atoms with Crippen molar-refractivity contribution in [2.24, 2.45) is 5.92 Å². The van der Waals surface area contributed by atoms with Gasteiger partial charge in [-0.3, -0.25) is 9.59 Å². The summed E-state index contributed by atoms with van der Waals surface area (Å²) in [6.07, 6.45) is 1.79. The van der Waals surface area contributed by atoms with Crippen molar-refractivity contribution in [3.05, 3.63) is 34.9 Å². The lowest BCUT2D eigenvalue weighted by Crippen LogP contribution is -2.60. The Labute approximate surface area is 225 Å². The van der Waals surface area contributed by atoms with Crippen LogP contribution in [0.4, 0.5) is 4.79 Å². The molecule has 210 valence electrons. The molecule has 37 heavy (non-hydrogen) atoms. The van der Waals surface area contributed by atoms with Crippen LogP contribution >= 0.6 is 0 Å². The molecule has 4 unspecified atom stereocenters. The van der Waals surface area contributed by atoms with Crippen LogP contribution in [0, 0.1) is 19.8 Å². The average Bonchev–Trinajstić information content (AvgIpc) is 2.73. The Balaban J connectivity index is 3.71. The number of carbonyl (C=O) groups is 3. The first-order chi connectivity index (χ1) is 16.9. The maximum atomic E-state index is 14.4. The first-order valence-electron chi connectivity index (χ1n) is 13.6. The van der Waals surface area contributed by atoms with Gasteiger partial charge in [0.15, 0.2) is 0 Å². The highest BCUT2D eigenvalue weighted by molar-refractivity contribution is 5.93. The zero-order valence-electron chi connectivity index (χ0n) is 25.2. The number of alkyl carbamates (subject to hydrolysis) is 1. The third-order valence-corrected chi connectivity index (χ3v) is 6.54. The van der Waals surface area contributed by atoms with Gasteiger partial charge in [-0.2, -0.15) is 0 Å². The summed E-state index contributed by atoms with van der Waals surface area (Å²) in [5.74, 6) is -0.703. The molecule has 1 aromatic carbocycles. The number of ether oxygens (including phenoxy) is 1. The number of hydrogen-bond donors (Lipinski definition) is 2. The number of nitrogens with zero attached hydrogens (tertiary/aromatic N) is 1. The lowest BCUT2D eigenvalue weighted by molar-refractivity contribution is -0.149. The Hall–Kier alpha value is -2.57. The highest BCUT2D eigenvalue weighted by atomic mass is 16.6. The Morgan fingerprint density at radius 1 is 0.946 bits per heavy atom. The van der Waals surface area contributed by atoms with Crippen LogP contribution < -0.4 is 10.6 Å². The summed E-state index contributed by atoms with van der Waals surface area (Å²) >= 11 is 0. The predicted octanol–water partition coefficient (Wildman–Crippen LogP) is 6.22. The van der Waals surface area contributed by atoms with E-state index < -0.39 is 29.3 Å². The predicted molar refractivity (Wildman–Crippen MR) is 150 cm³/mol. The number of nitrogens with one attached hydrogen (secondary N) is 2. The zero-order valence-corrected chi connectivity index (χ0v) is 25.2. The topological polar surface area (TPSA) is 87.7 Å². The minimum Gasteiger partial charge on any atom is -0.444 e. The van der Waals surface area contributed by atoms with Crippen molar-refractivity contribution in [3.8, 4) is 0 Å². The summed E-state index contributed by atoms with van der Waals surface area (Å²) in [6.45, 7) is 23.0. The van der Waals surface area contributed by atoms with E-state index in [9.17, 15) is 14.4 Å². The molecule has 0 spiro atoms. The van der Waals surface area contributed by atoms with E-state index in [1.165, 1.54) is 0 Å². The Bertz CT molecular complexity index is 909. The van der Waals surface area contributed by atoms with E-state index in [2.05, 4.69) is 17.6 Å². The van der Waals surface area contributed by atoms with E-state index in [-0.39, 0.29) is 23.8 Å². The maximum Gasteiger partial charge on any atom is 0.408 e. The van der Waals surface area contributed by atoms with E-state index in [1.54, 1.807) is 25.7 Å². The molecule has 3 amide bonds. The molecule has 1 aromatic rings. The Morgan fingerprint density at radius 3 is 1.92 bits per heavy atom. The molecule has 0 saturated heterocycles. The quantitative estimate of drug-likeness (QED) is 0.386. The number of aryl methyl sites for hydroxylation is 2. The largest absolute Gasteiger partial charge is 0.444 e. The van der Waals surface area contributed by atoms with Crippen molar-refractivity contribution in [2.45, 2.75) is 132 Å². The highest BCUT2D eigenvalue weighted by Gasteiger charge is 2.44. The van der Waals surface area contributed by atoms with Crippen LogP contribution in [0.5, 0.6) is 0 Å². The highest BCUT2D eigenvalue weighted by Crippen LogP contribution is 2.34. The molecular weight excluding hydrogens is 466 g/mol. The molecule has 0 aliphatic rings. The molecule has 2 N–H and O–H groups in total. The van der Waals surface area contributed by atoms with Gasteiger partial charge in [-0.1, -0.05) is 51.8 Å². The van der Waals surface area contributed by atoms with Gasteiger partial charge in [0.1, 0.15) is 17.7 Å². The van der Waals surface area contributed by atoms with E-state index in [0.717, 1.165) is 29.5 Å². The molecule has 7 heteroatoms. The van der Waals surface area contributed by atoms with Crippen molar-refractivity contribution >= 4 is 17.9 Å². The van der Waals surface area contributed by atoms with Gasteiger partial charge in [-0.15, -0.1) is 0 Å². The fraction of sp³-hybridized carbons (Fsp3) is 0.700. The first kappa shape index (κ1) is 32.5. The van der Waals surface area contributed by atoms with Crippen LogP contribution in [0.3, 0.4) is 0 Å².